The number of benzene rings is 1. The maximum Gasteiger partial charge on any atom is 0.246 e. The normalized spacial score (nSPS) is 19.5. The van der Waals surface area contributed by atoms with Crippen LogP contribution in [-0.2, 0) is 14.3 Å². The van der Waals surface area contributed by atoms with Crippen LogP contribution in [0.15, 0.2) is 18.2 Å². The summed E-state index contributed by atoms with van der Waals surface area (Å²) in [5.74, 6) is -1.66. The van der Waals surface area contributed by atoms with Gasteiger partial charge in [-0.2, -0.15) is 0 Å². The van der Waals surface area contributed by atoms with Crippen LogP contribution in [0.1, 0.15) is 31.4 Å². The zero-order valence-corrected chi connectivity index (χ0v) is 11.9. The molecule has 0 aromatic heterocycles. The quantitative estimate of drug-likeness (QED) is 0.877. The first kappa shape index (κ1) is 15.9. The molecule has 21 heavy (non-hydrogen) atoms. The van der Waals surface area contributed by atoms with E-state index in [1.165, 1.54) is 6.07 Å². The van der Waals surface area contributed by atoms with Gasteiger partial charge < -0.3 is 14.8 Å². The van der Waals surface area contributed by atoms with Crippen molar-refractivity contribution in [1.29, 1.82) is 0 Å². The van der Waals surface area contributed by atoms with Crippen LogP contribution in [0, 0.1) is 11.6 Å². The molecule has 1 fully saturated rings. The van der Waals surface area contributed by atoms with Crippen LogP contribution < -0.4 is 5.32 Å². The number of ether oxygens (including phenoxy) is 2. The summed E-state index contributed by atoms with van der Waals surface area (Å²) in [5, 5.41) is 2.61. The molecule has 1 N–H and O–H groups in total. The number of carbonyl (C=O) groups is 1. The maximum atomic E-state index is 13.6. The largest absolute Gasteiger partial charge is 0.376 e. The van der Waals surface area contributed by atoms with Gasteiger partial charge in [-0.25, -0.2) is 8.78 Å². The number of hydrogen-bond acceptors (Lipinski definition) is 3. The molecule has 2 rings (SSSR count). The van der Waals surface area contributed by atoms with Crippen molar-refractivity contribution in [2.24, 2.45) is 0 Å². The number of halogens is 2. The average Bonchev–Trinajstić information content (AvgIpc) is 2.91. The average molecular weight is 299 g/mol. The van der Waals surface area contributed by atoms with E-state index in [9.17, 15) is 13.6 Å². The fourth-order valence-electron chi connectivity index (χ4n) is 2.27. The monoisotopic (exact) mass is 299 g/mol. The van der Waals surface area contributed by atoms with E-state index in [4.69, 9.17) is 9.47 Å². The van der Waals surface area contributed by atoms with Gasteiger partial charge in [-0.05, 0) is 25.8 Å². The molecule has 1 aliphatic heterocycles. The van der Waals surface area contributed by atoms with E-state index in [0.717, 1.165) is 31.6 Å². The second-order valence-electron chi connectivity index (χ2n) is 5.11. The first-order valence-electron chi connectivity index (χ1n) is 7.00. The number of rotatable bonds is 6. The molecule has 6 heteroatoms. The molecule has 2 unspecified atom stereocenters. The molecule has 1 aromatic rings. The van der Waals surface area contributed by atoms with Crippen LogP contribution in [0.2, 0.25) is 0 Å². The molecule has 0 saturated carbocycles. The summed E-state index contributed by atoms with van der Waals surface area (Å²) in [5.41, 5.74) is 0.240. The highest BCUT2D eigenvalue weighted by Crippen LogP contribution is 2.17. The Morgan fingerprint density at radius 1 is 1.52 bits per heavy atom. The van der Waals surface area contributed by atoms with Gasteiger partial charge in [-0.15, -0.1) is 0 Å². The molecular weight excluding hydrogens is 280 g/mol. The Morgan fingerprint density at radius 2 is 2.33 bits per heavy atom. The summed E-state index contributed by atoms with van der Waals surface area (Å²) in [4.78, 5) is 11.7. The second-order valence-corrected chi connectivity index (χ2v) is 5.11. The van der Waals surface area contributed by atoms with Crippen molar-refractivity contribution in [2.75, 3.05) is 19.8 Å². The van der Waals surface area contributed by atoms with E-state index < -0.39 is 17.7 Å². The van der Waals surface area contributed by atoms with Gasteiger partial charge in [0.2, 0.25) is 5.91 Å². The summed E-state index contributed by atoms with van der Waals surface area (Å²) in [7, 11) is 0. The zero-order valence-electron chi connectivity index (χ0n) is 11.9. The summed E-state index contributed by atoms with van der Waals surface area (Å²) in [6.45, 7) is 2.65. The Bertz CT molecular complexity index is 490. The van der Waals surface area contributed by atoms with E-state index >= 15 is 0 Å². The molecule has 0 radical (unpaired) electrons. The lowest BCUT2D eigenvalue weighted by Crippen LogP contribution is -2.31. The fraction of sp³-hybridized carbons (Fsp3) is 0.533. The van der Waals surface area contributed by atoms with E-state index in [1.54, 1.807) is 6.92 Å². The lowest BCUT2D eigenvalue weighted by atomic mass is 10.1. The van der Waals surface area contributed by atoms with Crippen LogP contribution in [0.5, 0.6) is 0 Å². The summed E-state index contributed by atoms with van der Waals surface area (Å²) >= 11 is 0. The number of hydrogen-bond donors (Lipinski definition) is 1. The predicted octanol–water partition coefficient (Wildman–Crippen LogP) is 2.34. The van der Waals surface area contributed by atoms with Crippen molar-refractivity contribution >= 4 is 5.91 Å². The van der Waals surface area contributed by atoms with Crippen LogP contribution >= 0.6 is 0 Å². The smallest absolute Gasteiger partial charge is 0.246 e. The number of nitrogens with one attached hydrogen (secondary N) is 1. The molecule has 1 saturated heterocycles. The third kappa shape index (κ3) is 4.75. The Hall–Kier alpha value is -1.53. The van der Waals surface area contributed by atoms with Crippen molar-refractivity contribution in [3.8, 4) is 0 Å². The van der Waals surface area contributed by atoms with E-state index in [1.807, 2.05) is 0 Å². The van der Waals surface area contributed by atoms with Gasteiger partial charge in [-0.1, -0.05) is 6.07 Å². The summed E-state index contributed by atoms with van der Waals surface area (Å²) in [6.07, 6.45) is 2.02. The second kappa shape index (κ2) is 7.47. The third-order valence-electron chi connectivity index (χ3n) is 3.37. The third-order valence-corrected chi connectivity index (χ3v) is 3.37. The van der Waals surface area contributed by atoms with E-state index in [2.05, 4.69) is 5.32 Å². The minimum atomic E-state index is -0.678. The van der Waals surface area contributed by atoms with Crippen LogP contribution in [0.4, 0.5) is 8.78 Å². The minimum Gasteiger partial charge on any atom is -0.376 e. The molecule has 1 aliphatic rings. The molecule has 1 heterocycles. The van der Waals surface area contributed by atoms with Gasteiger partial charge >= 0.3 is 0 Å². The topological polar surface area (TPSA) is 47.6 Å². The standard InChI is InChI=1S/C15H19F2NO3/c1-10(13-5-4-11(16)7-14(13)17)18-15(19)9-20-8-12-3-2-6-21-12/h4-5,7,10,12H,2-3,6,8-9H2,1H3,(H,18,19). The van der Waals surface area contributed by atoms with Gasteiger partial charge in [0.1, 0.15) is 18.2 Å². The lowest BCUT2D eigenvalue weighted by Gasteiger charge is -2.16. The van der Waals surface area contributed by atoms with E-state index in [0.29, 0.717) is 6.61 Å². The molecule has 0 aliphatic carbocycles. The van der Waals surface area contributed by atoms with Crippen molar-refractivity contribution in [3.05, 3.63) is 35.4 Å². The molecule has 0 spiro atoms. The highest BCUT2D eigenvalue weighted by Gasteiger charge is 2.17. The van der Waals surface area contributed by atoms with Gasteiger partial charge in [0.05, 0.1) is 18.8 Å². The summed E-state index contributed by atoms with van der Waals surface area (Å²) in [6, 6.07) is 2.73. The molecule has 1 aromatic carbocycles. The highest BCUT2D eigenvalue weighted by molar-refractivity contribution is 5.77. The van der Waals surface area contributed by atoms with Gasteiger partial charge in [0.25, 0.3) is 0 Å². The van der Waals surface area contributed by atoms with Crippen molar-refractivity contribution in [1.82, 2.24) is 5.32 Å². The number of carbonyl (C=O) groups excluding carboxylic acids is 1. The van der Waals surface area contributed by atoms with Crippen molar-refractivity contribution < 1.29 is 23.0 Å². The van der Waals surface area contributed by atoms with Crippen LogP contribution in [-0.4, -0.2) is 31.8 Å². The molecular formula is C15H19F2NO3. The molecule has 0 bridgehead atoms. The predicted molar refractivity (Wildman–Crippen MR) is 72.7 cm³/mol. The van der Waals surface area contributed by atoms with Crippen LogP contribution in [0.3, 0.4) is 0 Å². The molecule has 4 nitrogen and oxygen atoms in total. The molecule has 116 valence electrons. The van der Waals surface area contributed by atoms with Gasteiger partial charge in [0, 0.05) is 18.2 Å². The van der Waals surface area contributed by atoms with Gasteiger partial charge in [-0.3, -0.25) is 4.79 Å². The zero-order chi connectivity index (χ0) is 15.2. The Kier molecular flexibility index (Phi) is 5.64. The minimum absolute atomic E-state index is 0.0600. The molecule has 1 amide bonds. The van der Waals surface area contributed by atoms with Crippen LogP contribution in [0.25, 0.3) is 0 Å². The van der Waals surface area contributed by atoms with E-state index in [-0.39, 0.29) is 24.2 Å². The van der Waals surface area contributed by atoms with Gasteiger partial charge in [0.15, 0.2) is 0 Å². The highest BCUT2D eigenvalue weighted by atomic mass is 19.1. The number of amides is 1. The first-order chi connectivity index (χ1) is 10.1. The first-order valence-corrected chi connectivity index (χ1v) is 7.00. The summed E-state index contributed by atoms with van der Waals surface area (Å²) < 4.78 is 37.0. The van der Waals surface area contributed by atoms with Crippen molar-refractivity contribution in [3.63, 3.8) is 0 Å². The fourth-order valence-corrected chi connectivity index (χ4v) is 2.27. The Labute approximate surface area is 122 Å². The maximum absolute atomic E-state index is 13.6. The molecule has 2 atom stereocenters. The Morgan fingerprint density at radius 3 is 3.00 bits per heavy atom. The Balaban J connectivity index is 1.75. The SMILES string of the molecule is CC(NC(=O)COCC1CCCO1)c1ccc(F)cc1F. The van der Waals surface area contributed by atoms with Crippen molar-refractivity contribution in [2.45, 2.75) is 31.9 Å². The lowest BCUT2D eigenvalue weighted by molar-refractivity contribution is -0.127.